The van der Waals surface area contributed by atoms with Crippen molar-refractivity contribution in [3.63, 3.8) is 0 Å². The molecule has 4 atom stereocenters. The summed E-state index contributed by atoms with van der Waals surface area (Å²) in [5, 5.41) is 12.4. The van der Waals surface area contributed by atoms with Crippen LogP contribution in [0.1, 0.15) is 31.4 Å². The van der Waals surface area contributed by atoms with Crippen molar-refractivity contribution in [1.29, 1.82) is 0 Å². The number of fused-ring (bicyclic) bond motifs is 4. The van der Waals surface area contributed by atoms with Crippen LogP contribution in [0.15, 0.2) is 41.6 Å². The fraction of sp³-hybridized carbons (Fsp3) is 0.444. The molecule has 4 rings (SSSR count). The minimum absolute atomic E-state index is 0.0191. The van der Waals surface area contributed by atoms with E-state index in [1.165, 1.54) is 5.56 Å². The number of ketones is 1. The number of carboxylic acid groups (broad SMARTS) is 1. The Morgan fingerprint density at radius 3 is 2.78 bits per heavy atom. The lowest BCUT2D eigenvalue weighted by molar-refractivity contribution is -0.141. The average Bonchev–Trinajstić information content (AvgIpc) is 3.14. The van der Waals surface area contributed by atoms with Crippen LogP contribution in [-0.4, -0.2) is 40.4 Å². The average molecular weight is 312 g/mol. The summed E-state index contributed by atoms with van der Waals surface area (Å²) >= 11 is 0. The molecule has 0 saturated carbocycles. The molecule has 0 aromatic heterocycles. The van der Waals surface area contributed by atoms with Gasteiger partial charge >= 0.3 is 5.97 Å². The number of Topliss-reactive ketones (excluding diaryl/α,β-unsaturated/α-hetero) is 1. The Bertz CT molecular complexity index is 697. The first kappa shape index (κ1) is 14.5. The maximum absolute atomic E-state index is 12.3. The fourth-order valence-corrected chi connectivity index (χ4v) is 4.34. The molecule has 5 nitrogen and oxygen atoms in total. The van der Waals surface area contributed by atoms with E-state index in [4.69, 9.17) is 0 Å². The highest BCUT2D eigenvalue weighted by Gasteiger charge is 2.51. The van der Waals surface area contributed by atoms with Crippen LogP contribution in [0.4, 0.5) is 0 Å². The predicted molar refractivity (Wildman–Crippen MR) is 84.7 cm³/mol. The largest absolute Gasteiger partial charge is 0.480 e. The number of rotatable bonds is 3. The van der Waals surface area contributed by atoms with Crippen LogP contribution < -0.4 is 5.32 Å². The number of carbonyl (C=O) groups is 2. The van der Waals surface area contributed by atoms with Crippen molar-refractivity contribution >= 4 is 11.8 Å². The Labute approximate surface area is 135 Å². The lowest BCUT2D eigenvalue weighted by atomic mass is 9.90. The maximum atomic E-state index is 12.3. The molecule has 23 heavy (non-hydrogen) atoms. The number of hydrogen-bond acceptors (Lipinski definition) is 4. The number of nitrogens with one attached hydrogen (secondary N) is 1. The smallest absolute Gasteiger partial charge is 0.326 e. The molecular weight excluding hydrogens is 292 g/mol. The van der Waals surface area contributed by atoms with E-state index in [-0.39, 0.29) is 30.2 Å². The van der Waals surface area contributed by atoms with Gasteiger partial charge in [-0.3, -0.25) is 9.69 Å². The van der Waals surface area contributed by atoms with Gasteiger partial charge in [0.1, 0.15) is 6.04 Å². The molecule has 5 heteroatoms. The van der Waals surface area contributed by atoms with E-state index in [1.807, 2.05) is 18.2 Å². The topological polar surface area (TPSA) is 69.6 Å². The zero-order valence-electron chi connectivity index (χ0n) is 13.0. The summed E-state index contributed by atoms with van der Waals surface area (Å²) in [5.41, 5.74) is 2.98. The monoisotopic (exact) mass is 312 g/mol. The summed E-state index contributed by atoms with van der Waals surface area (Å²) in [6, 6.07) is 9.91. The molecule has 3 aliphatic rings. The predicted octanol–water partition coefficient (Wildman–Crippen LogP) is 1.72. The van der Waals surface area contributed by atoms with E-state index < -0.39 is 12.0 Å². The van der Waals surface area contributed by atoms with Crippen molar-refractivity contribution < 1.29 is 14.7 Å². The van der Waals surface area contributed by atoms with E-state index in [0.29, 0.717) is 0 Å². The second-order valence-corrected chi connectivity index (χ2v) is 6.72. The minimum atomic E-state index is -0.949. The van der Waals surface area contributed by atoms with Crippen molar-refractivity contribution in [2.45, 2.75) is 37.9 Å². The highest BCUT2D eigenvalue weighted by molar-refractivity contribution is 6.01. The maximum Gasteiger partial charge on any atom is 0.326 e. The SMILES string of the molecule is C[C@H](c1ccccc1)N1C[C@@H]2C[C@H]1C1=C2C(=O)C[C@H](C(=O)O)N1. The summed E-state index contributed by atoms with van der Waals surface area (Å²) in [6.45, 7) is 3.06. The molecule has 2 N–H and O–H groups in total. The molecule has 2 bridgehead atoms. The third-order valence-corrected chi connectivity index (χ3v) is 5.47. The Kier molecular flexibility index (Phi) is 3.27. The van der Waals surface area contributed by atoms with E-state index in [2.05, 4.69) is 29.3 Å². The standard InChI is InChI=1S/C18H20N2O3/c1-10(11-5-3-2-4-6-11)20-9-12-7-14(20)17-16(12)15(21)8-13(19-17)18(22)23/h2-6,10,12-14,19H,7-9H2,1H3,(H,22,23)/t10-,12+,13-,14+/m1/s1. The van der Waals surface area contributed by atoms with Crippen molar-refractivity contribution in [2.24, 2.45) is 5.92 Å². The first-order chi connectivity index (χ1) is 11.1. The summed E-state index contributed by atoms with van der Waals surface area (Å²) in [5.74, 6) is -0.683. The quantitative estimate of drug-likeness (QED) is 0.889. The lowest BCUT2D eigenvalue weighted by Gasteiger charge is -2.38. The molecule has 2 heterocycles. The summed E-state index contributed by atoms with van der Waals surface area (Å²) in [6.07, 6.45) is 0.999. The van der Waals surface area contributed by atoms with Gasteiger partial charge in [-0.15, -0.1) is 0 Å². The van der Waals surface area contributed by atoms with Gasteiger partial charge < -0.3 is 10.4 Å². The highest BCUT2D eigenvalue weighted by Crippen LogP contribution is 2.46. The first-order valence-electron chi connectivity index (χ1n) is 8.13. The third-order valence-electron chi connectivity index (χ3n) is 5.47. The van der Waals surface area contributed by atoms with Crippen LogP contribution >= 0.6 is 0 Å². The van der Waals surface area contributed by atoms with Crippen LogP contribution in [0.3, 0.4) is 0 Å². The normalized spacial score (nSPS) is 31.0. The van der Waals surface area contributed by atoms with Gasteiger partial charge in [0.05, 0.1) is 6.04 Å². The molecule has 1 fully saturated rings. The molecule has 1 aliphatic carbocycles. The summed E-state index contributed by atoms with van der Waals surface area (Å²) in [7, 11) is 0. The van der Waals surface area contributed by atoms with Gasteiger partial charge in [0.2, 0.25) is 0 Å². The van der Waals surface area contributed by atoms with Crippen molar-refractivity contribution in [1.82, 2.24) is 10.2 Å². The zero-order valence-corrected chi connectivity index (χ0v) is 13.0. The summed E-state index contributed by atoms with van der Waals surface area (Å²) < 4.78 is 0. The molecule has 2 aliphatic heterocycles. The first-order valence-corrected chi connectivity index (χ1v) is 8.13. The van der Waals surface area contributed by atoms with Gasteiger partial charge in [-0.25, -0.2) is 4.79 Å². The molecule has 0 spiro atoms. The second kappa shape index (κ2) is 5.20. The van der Waals surface area contributed by atoms with Crippen LogP contribution in [0, 0.1) is 5.92 Å². The number of benzene rings is 1. The Morgan fingerprint density at radius 1 is 1.35 bits per heavy atom. The third kappa shape index (κ3) is 2.18. The molecule has 0 radical (unpaired) electrons. The van der Waals surface area contributed by atoms with Gasteiger partial charge in [0.15, 0.2) is 5.78 Å². The van der Waals surface area contributed by atoms with Crippen LogP contribution in [0.2, 0.25) is 0 Å². The van der Waals surface area contributed by atoms with Gasteiger partial charge in [-0.2, -0.15) is 0 Å². The number of likely N-dealkylation sites (tertiary alicyclic amines) is 1. The van der Waals surface area contributed by atoms with Crippen LogP contribution in [-0.2, 0) is 9.59 Å². The van der Waals surface area contributed by atoms with E-state index in [0.717, 1.165) is 24.2 Å². The molecule has 120 valence electrons. The Hall–Kier alpha value is -2.14. The molecule has 0 amide bonds. The number of carbonyl (C=O) groups excluding carboxylic acids is 1. The molecule has 0 unspecified atom stereocenters. The van der Waals surface area contributed by atoms with Gasteiger partial charge in [0, 0.05) is 36.2 Å². The van der Waals surface area contributed by atoms with Crippen LogP contribution in [0.5, 0.6) is 0 Å². The second-order valence-electron chi connectivity index (χ2n) is 6.72. The Balaban J connectivity index is 1.63. The zero-order chi connectivity index (χ0) is 16.1. The van der Waals surface area contributed by atoms with E-state index in [9.17, 15) is 14.7 Å². The summed E-state index contributed by atoms with van der Waals surface area (Å²) in [4.78, 5) is 26.0. The number of aliphatic carboxylic acids is 1. The molecule has 1 aromatic rings. The highest BCUT2D eigenvalue weighted by atomic mass is 16.4. The molecule has 1 aromatic carbocycles. The molecule has 1 saturated heterocycles. The fourth-order valence-electron chi connectivity index (χ4n) is 4.34. The van der Waals surface area contributed by atoms with E-state index in [1.54, 1.807) is 0 Å². The van der Waals surface area contributed by atoms with Crippen LogP contribution in [0.25, 0.3) is 0 Å². The van der Waals surface area contributed by atoms with Crippen molar-refractivity contribution in [2.75, 3.05) is 6.54 Å². The number of nitrogens with zero attached hydrogens (tertiary/aromatic N) is 1. The number of carboxylic acids is 1. The number of hydrogen-bond donors (Lipinski definition) is 2. The molecular formula is C18H20N2O3. The van der Waals surface area contributed by atoms with E-state index >= 15 is 0 Å². The van der Waals surface area contributed by atoms with Gasteiger partial charge in [-0.1, -0.05) is 30.3 Å². The lowest BCUT2D eigenvalue weighted by Crippen LogP contribution is -2.50. The van der Waals surface area contributed by atoms with Gasteiger partial charge in [0.25, 0.3) is 0 Å². The Morgan fingerprint density at radius 2 is 2.09 bits per heavy atom. The minimum Gasteiger partial charge on any atom is -0.480 e. The van der Waals surface area contributed by atoms with Crippen molar-refractivity contribution in [3.8, 4) is 0 Å². The van der Waals surface area contributed by atoms with Gasteiger partial charge in [-0.05, 0) is 18.9 Å². The van der Waals surface area contributed by atoms with Crippen molar-refractivity contribution in [3.05, 3.63) is 47.2 Å².